The average molecular weight is 342 g/mol. The average Bonchev–Trinajstić information content (AvgIpc) is 2.66. The first-order valence-corrected chi connectivity index (χ1v) is 7.47. The van der Waals surface area contributed by atoms with Crippen LogP contribution in [0.5, 0.6) is 5.75 Å². The van der Waals surface area contributed by atoms with Gasteiger partial charge in [-0.15, -0.1) is 0 Å². The van der Waals surface area contributed by atoms with Gasteiger partial charge in [0.25, 0.3) is 11.8 Å². The fourth-order valence-electron chi connectivity index (χ4n) is 1.99. The summed E-state index contributed by atoms with van der Waals surface area (Å²) in [7, 11) is 2.98. The van der Waals surface area contributed by atoms with Crippen LogP contribution in [-0.2, 0) is 9.53 Å². The Bertz CT molecular complexity index is 771. The van der Waals surface area contributed by atoms with Crippen LogP contribution in [0.4, 0.5) is 5.69 Å². The molecule has 2 aromatic rings. The van der Waals surface area contributed by atoms with Crippen molar-refractivity contribution in [3.8, 4) is 5.75 Å². The van der Waals surface area contributed by atoms with Crippen molar-refractivity contribution in [3.63, 3.8) is 0 Å². The van der Waals surface area contributed by atoms with Crippen LogP contribution in [0.25, 0.3) is 0 Å². The molecule has 2 rings (SSSR count). The zero-order chi connectivity index (χ0) is 18.2. The van der Waals surface area contributed by atoms with E-state index in [1.54, 1.807) is 42.5 Å². The third-order valence-electron chi connectivity index (χ3n) is 3.36. The molecule has 0 aromatic heterocycles. The van der Waals surface area contributed by atoms with Crippen LogP contribution in [0, 0.1) is 0 Å². The minimum atomic E-state index is -0.700. The molecule has 0 aliphatic heterocycles. The number of likely N-dealkylation sites (N-methyl/N-ethyl adjacent to an activating group) is 1. The fraction of sp³-hybridized carbons (Fsp3) is 0.167. The molecule has 2 amide bonds. The van der Waals surface area contributed by atoms with Gasteiger partial charge in [0.15, 0.2) is 6.61 Å². The van der Waals surface area contributed by atoms with Crippen molar-refractivity contribution in [1.82, 2.24) is 5.32 Å². The van der Waals surface area contributed by atoms with Gasteiger partial charge in [-0.3, -0.25) is 9.59 Å². The van der Waals surface area contributed by atoms with E-state index in [0.29, 0.717) is 17.0 Å². The van der Waals surface area contributed by atoms with Gasteiger partial charge in [-0.1, -0.05) is 12.1 Å². The van der Waals surface area contributed by atoms with Crippen molar-refractivity contribution in [2.24, 2.45) is 0 Å². The van der Waals surface area contributed by atoms with Crippen molar-refractivity contribution in [2.75, 3.05) is 26.1 Å². The summed E-state index contributed by atoms with van der Waals surface area (Å²) < 4.78 is 9.97. The quantitative estimate of drug-likeness (QED) is 0.782. The zero-order valence-electron chi connectivity index (χ0n) is 13.9. The van der Waals surface area contributed by atoms with Crippen molar-refractivity contribution in [1.29, 1.82) is 0 Å². The maximum Gasteiger partial charge on any atom is 0.340 e. The van der Waals surface area contributed by atoms with Gasteiger partial charge in [0.05, 0.1) is 18.4 Å². The van der Waals surface area contributed by atoms with Crippen LogP contribution >= 0.6 is 0 Å². The first-order valence-electron chi connectivity index (χ1n) is 7.47. The Hall–Kier alpha value is -3.35. The molecular weight excluding hydrogens is 324 g/mol. The lowest BCUT2D eigenvalue weighted by molar-refractivity contribution is -0.123. The van der Waals surface area contributed by atoms with E-state index in [2.05, 4.69) is 10.6 Å². The molecule has 0 aliphatic rings. The van der Waals surface area contributed by atoms with Gasteiger partial charge in [-0.25, -0.2) is 4.79 Å². The number of amides is 2. The highest BCUT2D eigenvalue weighted by molar-refractivity contribution is 6.08. The second kappa shape index (κ2) is 8.49. The molecule has 0 fully saturated rings. The van der Waals surface area contributed by atoms with E-state index in [9.17, 15) is 14.4 Å². The highest BCUT2D eigenvalue weighted by Crippen LogP contribution is 2.18. The lowest BCUT2D eigenvalue weighted by Gasteiger charge is -2.11. The molecule has 2 N–H and O–H groups in total. The van der Waals surface area contributed by atoms with Crippen molar-refractivity contribution in [2.45, 2.75) is 0 Å². The van der Waals surface area contributed by atoms with Crippen LogP contribution in [-0.4, -0.2) is 38.5 Å². The maximum atomic E-state index is 12.3. The van der Waals surface area contributed by atoms with Gasteiger partial charge in [0, 0.05) is 12.6 Å². The molecule has 0 radical (unpaired) electrons. The number of carbonyl (C=O) groups is 3. The number of carbonyl (C=O) groups excluding carboxylic acids is 3. The van der Waals surface area contributed by atoms with Gasteiger partial charge < -0.3 is 20.1 Å². The Balaban J connectivity index is 2.12. The molecule has 0 aliphatic carbocycles. The summed E-state index contributed by atoms with van der Waals surface area (Å²) in [5.41, 5.74) is 0.868. The normalized spacial score (nSPS) is 9.84. The molecule has 130 valence electrons. The monoisotopic (exact) mass is 342 g/mol. The van der Waals surface area contributed by atoms with Crippen molar-refractivity contribution >= 4 is 23.5 Å². The number of anilines is 1. The number of ether oxygens (including phenoxy) is 2. The van der Waals surface area contributed by atoms with E-state index < -0.39 is 18.5 Å². The third kappa shape index (κ3) is 4.81. The minimum absolute atomic E-state index is 0.160. The first-order chi connectivity index (χ1) is 12.0. The Labute approximate surface area is 144 Å². The molecule has 0 spiro atoms. The van der Waals surface area contributed by atoms with Crippen LogP contribution < -0.4 is 15.4 Å². The molecule has 25 heavy (non-hydrogen) atoms. The smallest absolute Gasteiger partial charge is 0.340 e. The number of para-hydroxylation sites is 1. The Morgan fingerprint density at radius 2 is 1.68 bits per heavy atom. The van der Waals surface area contributed by atoms with Gasteiger partial charge in [-0.2, -0.15) is 0 Å². The van der Waals surface area contributed by atoms with Crippen LogP contribution in [0.2, 0.25) is 0 Å². The van der Waals surface area contributed by atoms with E-state index >= 15 is 0 Å². The third-order valence-corrected chi connectivity index (χ3v) is 3.36. The number of benzene rings is 2. The Kier molecular flexibility index (Phi) is 6.11. The number of hydrogen-bond donors (Lipinski definition) is 2. The van der Waals surface area contributed by atoms with Gasteiger partial charge in [-0.05, 0) is 36.4 Å². The van der Waals surface area contributed by atoms with E-state index in [1.807, 2.05) is 0 Å². The molecule has 0 bridgehead atoms. The largest absolute Gasteiger partial charge is 0.497 e. The summed E-state index contributed by atoms with van der Waals surface area (Å²) in [6.07, 6.45) is 0. The summed E-state index contributed by atoms with van der Waals surface area (Å²) in [6, 6.07) is 13.0. The summed E-state index contributed by atoms with van der Waals surface area (Å²) in [6.45, 7) is -0.393. The summed E-state index contributed by atoms with van der Waals surface area (Å²) >= 11 is 0. The highest BCUT2D eigenvalue weighted by Gasteiger charge is 2.16. The molecule has 2 aromatic carbocycles. The second-order valence-corrected chi connectivity index (χ2v) is 4.98. The maximum absolute atomic E-state index is 12.3. The summed E-state index contributed by atoms with van der Waals surface area (Å²) in [5, 5.41) is 5.02. The van der Waals surface area contributed by atoms with Gasteiger partial charge >= 0.3 is 5.97 Å². The standard InChI is InChI=1S/C18H18N2O5/c1-19-16(21)11-25-18(23)14-5-3-4-6-15(14)20-17(22)12-7-9-13(24-2)10-8-12/h3-10H,11H2,1-2H3,(H,19,21)(H,20,22). The van der Waals surface area contributed by atoms with E-state index in [1.165, 1.54) is 20.2 Å². The van der Waals surface area contributed by atoms with E-state index in [4.69, 9.17) is 9.47 Å². The molecule has 7 nitrogen and oxygen atoms in total. The number of esters is 1. The van der Waals surface area contributed by atoms with Gasteiger partial charge in [0.1, 0.15) is 5.75 Å². The number of rotatable bonds is 6. The molecule has 0 saturated carbocycles. The predicted molar refractivity (Wildman–Crippen MR) is 91.7 cm³/mol. The number of methoxy groups -OCH3 is 1. The molecule has 0 atom stereocenters. The minimum Gasteiger partial charge on any atom is -0.497 e. The topological polar surface area (TPSA) is 93.7 Å². The van der Waals surface area contributed by atoms with Crippen molar-refractivity contribution < 1.29 is 23.9 Å². The van der Waals surface area contributed by atoms with Crippen LogP contribution in [0.3, 0.4) is 0 Å². The summed E-state index contributed by atoms with van der Waals surface area (Å²) in [4.78, 5) is 35.6. The van der Waals surface area contributed by atoms with E-state index in [0.717, 1.165) is 0 Å². The molecular formula is C18H18N2O5. The first kappa shape index (κ1) is 18.0. The lowest BCUT2D eigenvalue weighted by atomic mass is 10.1. The van der Waals surface area contributed by atoms with Gasteiger partial charge in [0.2, 0.25) is 0 Å². The van der Waals surface area contributed by atoms with Crippen LogP contribution in [0.1, 0.15) is 20.7 Å². The zero-order valence-corrected chi connectivity index (χ0v) is 13.9. The molecule has 0 saturated heterocycles. The second-order valence-electron chi connectivity index (χ2n) is 4.98. The predicted octanol–water partition coefficient (Wildman–Crippen LogP) is 1.85. The Morgan fingerprint density at radius 1 is 1.00 bits per heavy atom. The fourth-order valence-corrected chi connectivity index (χ4v) is 1.99. The van der Waals surface area contributed by atoms with E-state index in [-0.39, 0.29) is 11.5 Å². The highest BCUT2D eigenvalue weighted by atomic mass is 16.5. The Morgan fingerprint density at radius 3 is 2.32 bits per heavy atom. The molecule has 0 heterocycles. The SMILES string of the molecule is CNC(=O)COC(=O)c1ccccc1NC(=O)c1ccc(OC)cc1. The van der Waals surface area contributed by atoms with Crippen molar-refractivity contribution in [3.05, 3.63) is 59.7 Å². The number of nitrogens with one attached hydrogen (secondary N) is 2. The van der Waals surface area contributed by atoms with Crippen LogP contribution in [0.15, 0.2) is 48.5 Å². The molecule has 7 heteroatoms. The molecule has 0 unspecified atom stereocenters. The summed E-state index contributed by atoms with van der Waals surface area (Å²) in [5.74, 6) is -0.869. The lowest BCUT2D eigenvalue weighted by Crippen LogP contribution is -2.25. The number of hydrogen-bond acceptors (Lipinski definition) is 5.